The molecule has 2 heterocycles. The van der Waals surface area contributed by atoms with Crippen molar-refractivity contribution in [2.24, 2.45) is 0 Å². The molecule has 5 atom stereocenters. The molecule has 0 unspecified atom stereocenters. The molecule has 0 saturated carbocycles. The molecule has 1 fully saturated rings. The van der Waals surface area contributed by atoms with Crippen molar-refractivity contribution < 1.29 is 44.5 Å². The molecule has 10 nitrogen and oxygen atoms in total. The Bertz CT molecular complexity index is 1090. The number of aliphatic hydroxyl groups excluding tert-OH is 4. The number of aliphatic hydroxyl groups is 4. The number of ether oxygens (including phenoxy) is 2. The van der Waals surface area contributed by atoms with E-state index in [-0.39, 0.29) is 28.6 Å². The summed E-state index contributed by atoms with van der Waals surface area (Å²) in [5.74, 6) is -0.638. The number of fused-ring (bicyclic) bond motifs is 1. The normalized spacial score (nSPS) is 26.1. The van der Waals surface area contributed by atoms with Gasteiger partial charge in [-0.15, -0.1) is 0 Å². The number of benzene rings is 2. The second kappa shape index (κ2) is 8.17. The molecular weight excluding hydrogens is 412 g/mol. The zero-order valence-corrected chi connectivity index (χ0v) is 15.9. The minimum absolute atomic E-state index is 0.00160. The lowest BCUT2D eigenvalue weighted by Crippen LogP contribution is -2.60. The largest absolute Gasteiger partial charge is 0.872 e. The van der Waals surface area contributed by atoms with Gasteiger partial charge < -0.3 is 44.5 Å². The van der Waals surface area contributed by atoms with Gasteiger partial charge in [0.1, 0.15) is 35.9 Å². The van der Waals surface area contributed by atoms with Crippen molar-refractivity contribution in [3.63, 3.8) is 0 Å². The smallest absolute Gasteiger partial charge is 0.229 e. The summed E-state index contributed by atoms with van der Waals surface area (Å²) in [5.41, 5.74) is -0.106. The van der Waals surface area contributed by atoms with Crippen LogP contribution in [0.2, 0.25) is 0 Å². The highest BCUT2D eigenvalue weighted by Crippen LogP contribution is 2.41. The van der Waals surface area contributed by atoms with E-state index in [1.165, 1.54) is 30.3 Å². The maximum absolute atomic E-state index is 12.3. The summed E-state index contributed by atoms with van der Waals surface area (Å²) in [6, 6.07) is 9.09. The first-order valence-corrected chi connectivity index (χ1v) is 9.34. The maximum Gasteiger partial charge on any atom is 0.229 e. The highest BCUT2D eigenvalue weighted by Gasteiger charge is 2.45. The number of hydrogen-bond donors (Lipinski definition) is 5. The molecule has 10 heteroatoms. The van der Waals surface area contributed by atoms with Crippen molar-refractivity contribution in [1.82, 2.24) is 0 Å². The van der Waals surface area contributed by atoms with E-state index in [1.807, 2.05) is 0 Å². The van der Waals surface area contributed by atoms with E-state index in [4.69, 9.17) is 13.9 Å². The van der Waals surface area contributed by atoms with Crippen LogP contribution in [0.1, 0.15) is 0 Å². The SMILES string of the molecule is O=c1cc2oc(-c3ccc(O)cc3)c(O[C@@H]3O[C@H](CO)[C@@H](O)[C@H](O)[C@H]3O)cc-2c([O-])c1. The van der Waals surface area contributed by atoms with Crippen LogP contribution < -0.4 is 15.3 Å². The first kappa shape index (κ1) is 21.1. The monoisotopic (exact) mass is 431 g/mol. The fraction of sp³-hybridized carbons (Fsp3) is 0.286. The van der Waals surface area contributed by atoms with Gasteiger partial charge in [0, 0.05) is 17.2 Å². The molecule has 3 aliphatic rings. The molecule has 1 aromatic rings. The zero-order chi connectivity index (χ0) is 22.3. The van der Waals surface area contributed by atoms with E-state index in [1.54, 1.807) is 0 Å². The fourth-order valence-electron chi connectivity index (χ4n) is 3.35. The van der Waals surface area contributed by atoms with Gasteiger partial charge in [-0.2, -0.15) is 0 Å². The molecule has 1 aliphatic carbocycles. The lowest BCUT2D eigenvalue weighted by atomic mass is 9.99. The van der Waals surface area contributed by atoms with Crippen molar-refractivity contribution in [3.8, 4) is 39.9 Å². The van der Waals surface area contributed by atoms with Crippen molar-refractivity contribution >= 4 is 0 Å². The van der Waals surface area contributed by atoms with E-state index in [2.05, 4.69) is 0 Å². The van der Waals surface area contributed by atoms with Crippen molar-refractivity contribution in [3.05, 3.63) is 52.7 Å². The first-order chi connectivity index (χ1) is 14.8. The topological polar surface area (TPSA) is 173 Å². The van der Waals surface area contributed by atoms with Gasteiger partial charge in [-0.05, 0) is 36.4 Å². The Morgan fingerprint density at radius 2 is 1.71 bits per heavy atom. The third kappa shape index (κ3) is 3.94. The van der Waals surface area contributed by atoms with Crippen LogP contribution in [0.15, 0.2) is 51.7 Å². The Hall–Kier alpha value is -3.15. The molecule has 1 aromatic carbocycles. The van der Waals surface area contributed by atoms with Crippen LogP contribution in [0, 0.1) is 0 Å². The van der Waals surface area contributed by atoms with Crippen LogP contribution in [0.4, 0.5) is 0 Å². The van der Waals surface area contributed by atoms with Crippen molar-refractivity contribution in [1.29, 1.82) is 0 Å². The standard InChI is InChI=1S/C21H20O10/c22-8-16-17(26)18(27)19(28)21(31-16)30-15-7-12-13(25)5-11(24)6-14(12)29-20(15)9-1-3-10(23)4-2-9/h1-7,16-19,21-23,25-28H,8H2/p-1/t16-,17-,18+,19-,21-/m1/s1. The van der Waals surface area contributed by atoms with Gasteiger partial charge in [0.2, 0.25) is 6.29 Å². The maximum atomic E-state index is 12.3. The Balaban J connectivity index is 1.82. The van der Waals surface area contributed by atoms with Gasteiger partial charge in [0.25, 0.3) is 0 Å². The molecule has 2 aliphatic heterocycles. The summed E-state index contributed by atoms with van der Waals surface area (Å²) in [6.07, 6.45) is -7.63. The van der Waals surface area contributed by atoms with Gasteiger partial charge in [-0.3, -0.25) is 4.79 Å². The molecule has 5 N–H and O–H groups in total. The fourth-order valence-corrected chi connectivity index (χ4v) is 3.35. The molecule has 4 rings (SSSR count). The van der Waals surface area contributed by atoms with Crippen molar-refractivity contribution in [2.75, 3.05) is 6.61 Å². The van der Waals surface area contributed by atoms with Crippen molar-refractivity contribution in [2.45, 2.75) is 30.7 Å². The Labute approximate surface area is 175 Å². The van der Waals surface area contributed by atoms with Gasteiger partial charge in [0.15, 0.2) is 16.9 Å². The second-order valence-electron chi connectivity index (χ2n) is 7.13. The number of phenols is 1. The quantitative estimate of drug-likeness (QED) is 0.358. The molecule has 1 saturated heterocycles. The van der Waals surface area contributed by atoms with Crippen LogP contribution in [0.5, 0.6) is 17.2 Å². The average Bonchev–Trinajstić information content (AvgIpc) is 2.74. The summed E-state index contributed by atoms with van der Waals surface area (Å²) in [6.45, 7) is -0.644. The van der Waals surface area contributed by atoms with Gasteiger partial charge >= 0.3 is 0 Å². The molecule has 164 valence electrons. The number of aromatic hydroxyl groups is 1. The predicted octanol–water partition coefficient (Wildman–Crippen LogP) is -0.631. The minimum Gasteiger partial charge on any atom is -0.872 e. The Kier molecular flexibility index (Phi) is 5.56. The van der Waals surface area contributed by atoms with E-state index in [0.717, 1.165) is 12.1 Å². The molecule has 0 spiro atoms. The number of rotatable bonds is 4. The summed E-state index contributed by atoms with van der Waals surface area (Å²) in [4.78, 5) is 11.7. The van der Waals surface area contributed by atoms with Crippen LogP contribution in [0.25, 0.3) is 22.6 Å². The highest BCUT2D eigenvalue weighted by molar-refractivity contribution is 5.75. The molecule has 0 bridgehead atoms. The summed E-state index contributed by atoms with van der Waals surface area (Å²) in [5, 5.41) is 61.4. The first-order valence-electron chi connectivity index (χ1n) is 9.34. The number of phenolic OH excluding ortho intramolecular Hbond substituents is 1. The third-order valence-electron chi connectivity index (χ3n) is 5.01. The molecule has 0 aromatic heterocycles. The summed E-state index contributed by atoms with van der Waals surface area (Å²) in [7, 11) is 0. The van der Waals surface area contributed by atoms with E-state index in [9.17, 15) is 35.4 Å². The Morgan fingerprint density at radius 1 is 1.00 bits per heavy atom. The molecule has 31 heavy (non-hydrogen) atoms. The van der Waals surface area contributed by atoms with Crippen LogP contribution in [-0.2, 0) is 4.74 Å². The predicted molar refractivity (Wildman–Crippen MR) is 103 cm³/mol. The number of hydrogen-bond acceptors (Lipinski definition) is 10. The average molecular weight is 431 g/mol. The molecule has 0 radical (unpaired) electrons. The van der Waals surface area contributed by atoms with Gasteiger partial charge in [-0.1, -0.05) is 5.75 Å². The Morgan fingerprint density at radius 3 is 2.39 bits per heavy atom. The van der Waals surface area contributed by atoms with Gasteiger partial charge in [0.05, 0.1) is 6.61 Å². The highest BCUT2D eigenvalue weighted by atomic mass is 16.7. The van der Waals surface area contributed by atoms with E-state index in [0.29, 0.717) is 5.56 Å². The molecular formula is C21H19O10-. The van der Waals surface area contributed by atoms with E-state index < -0.39 is 48.5 Å². The lowest BCUT2D eigenvalue weighted by Gasteiger charge is -2.39. The van der Waals surface area contributed by atoms with Gasteiger partial charge in [-0.25, -0.2) is 0 Å². The minimum atomic E-state index is -1.68. The van der Waals surface area contributed by atoms with Crippen LogP contribution >= 0.6 is 0 Å². The second-order valence-corrected chi connectivity index (χ2v) is 7.13. The lowest BCUT2D eigenvalue weighted by molar-refractivity contribution is -0.277. The van der Waals surface area contributed by atoms with Crippen LogP contribution in [0.3, 0.4) is 0 Å². The zero-order valence-electron chi connectivity index (χ0n) is 15.9. The third-order valence-corrected chi connectivity index (χ3v) is 5.01. The van der Waals surface area contributed by atoms with E-state index >= 15 is 0 Å². The molecule has 0 amide bonds. The van der Waals surface area contributed by atoms with Crippen LogP contribution in [-0.4, -0.2) is 62.8 Å². The summed E-state index contributed by atoms with van der Waals surface area (Å²) < 4.78 is 16.8. The summed E-state index contributed by atoms with van der Waals surface area (Å²) >= 11 is 0.